The third kappa shape index (κ3) is 2.35. The van der Waals surface area contributed by atoms with Gasteiger partial charge in [0, 0.05) is 16.7 Å². The van der Waals surface area contributed by atoms with Crippen molar-refractivity contribution in [3.8, 4) is 11.5 Å². The highest BCUT2D eigenvalue weighted by Gasteiger charge is 2.49. The Morgan fingerprint density at radius 3 is 2.29 bits per heavy atom. The number of carboxylic acid groups (broad SMARTS) is 1. The Kier molecular flexibility index (Phi) is 4.38. The van der Waals surface area contributed by atoms with Crippen LogP contribution in [0.15, 0.2) is 6.07 Å². The lowest BCUT2D eigenvalue weighted by molar-refractivity contribution is -0.147. The van der Waals surface area contributed by atoms with Gasteiger partial charge in [0.15, 0.2) is 11.5 Å². The van der Waals surface area contributed by atoms with Crippen LogP contribution in [0.1, 0.15) is 50.2 Å². The van der Waals surface area contributed by atoms with Crippen molar-refractivity contribution in [2.24, 2.45) is 0 Å². The van der Waals surface area contributed by atoms with E-state index >= 15 is 0 Å². The summed E-state index contributed by atoms with van der Waals surface area (Å²) in [6.07, 6.45) is 2.11. The summed E-state index contributed by atoms with van der Waals surface area (Å²) in [4.78, 5) is 11.9. The van der Waals surface area contributed by atoms with E-state index in [1.165, 1.54) is 0 Å². The molecule has 1 N–H and O–H groups in total. The lowest BCUT2D eigenvalue weighted by Gasteiger charge is -2.41. The Morgan fingerprint density at radius 2 is 1.95 bits per heavy atom. The molecule has 0 saturated heterocycles. The van der Waals surface area contributed by atoms with Crippen molar-refractivity contribution in [2.75, 3.05) is 14.2 Å². The summed E-state index contributed by atoms with van der Waals surface area (Å²) in [6.45, 7) is 4.01. The summed E-state index contributed by atoms with van der Waals surface area (Å²) < 4.78 is 10.8. The zero-order chi connectivity index (χ0) is 15.8. The molecule has 0 atom stereocenters. The molecule has 1 aliphatic rings. The fourth-order valence-electron chi connectivity index (χ4n) is 3.13. The van der Waals surface area contributed by atoms with Crippen LogP contribution >= 0.6 is 11.6 Å². The normalized spacial score (nSPS) is 16.5. The minimum Gasteiger partial charge on any atom is -0.493 e. The number of ether oxygens (including phenoxy) is 2. The van der Waals surface area contributed by atoms with E-state index < -0.39 is 11.4 Å². The molecule has 116 valence electrons. The first-order valence-electron chi connectivity index (χ1n) is 7.07. The lowest BCUT2D eigenvalue weighted by atomic mass is 9.62. The number of hydrogen-bond donors (Lipinski definition) is 1. The predicted octanol–water partition coefficient (Wildman–Crippen LogP) is 3.99. The minimum absolute atomic E-state index is 0.0828. The van der Waals surface area contributed by atoms with Crippen LogP contribution in [0.3, 0.4) is 0 Å². The van der Waals surface area contributed by atoms with Gasteiger partial charge < -0.3 is 14.6 Å². The summed E-state index contributed by atoms with van der Waals surface area (Å²) >= 11 is 6.43. The van der Waals surface area contributed by atoms with Crippen LogP contribution in [0.25, 0.3) is 0 Å². The Morgan fingerprint density at radius 1 is 1.33 bits per heavy atom. The van der Waals surface area contributed by atoms with Gasteiger partial charge in [-0.3, -0.25) is 4.79 Å². The largest absolute Gasteiger partial charge is 0.493 e. The van der Waals surface area contributed by atoms with Crippen molar-refractivity contribution >= 4 is 17.6 Å². The van der Waals surface area contributed by atoms with Crippen molar-refractivity contribution < 1.29 is 19.4 Å². The number of hydrogen-bond acceptors (Lipinski definition) is 3. The molecule has 0 aromatic heterocycles. The standard InChI is InChI=1S/C16H21ClO4/c1-9(2)12-13(16(15(18)19)6-5-7-16)10(17)8-11(20-3)14(12)21-4/h8-9H,5-7H2,1-4H3,(H,18,19). The first-order valence-corrected chi connectivity index (χ1v) is 7.45. The molecule has 1 aliphatic carbocycles. The molecule has 5 heteroatoms. The number of carbonyl (C=O) groups is 1. The predicted molar refractivity (Wildman–Crippen MR) is 81.8 cm³/mol. The Bertz CT molecular complexity index is 562. The molecule has 0 aliphatic heterocycles. The van der Waals surface area contributed by atoms with Gasteiger partial charge in [0.1, 0.15) is 0 Å². The quantitative estimate of drug-likeness (QED) is 0.893. The van der Waals surface area contributed by atoms with Crippen molar-refractivity contribution in [3.05, 3.63) is 22.2 Å². The van der Waals surface area contributed by atoms with E-state index in [1.54, 1.807) is 20.3 Å². The third-order valence-electron chi connectivity index (χ3n) is 4.33. The number of halogens is 1. The van der Waals surface area contributed by atoms with Crippen LogP contribution in [0.4, 0.5) is 0 Å². The minimum atomic E-state index is -0.893. The molecule has 1 saturated carbocycles. The molecule has 0 bridgehead atoms. The van der Waals surface area contributed by atoms with Crippen LogP contribution in [0.5, 0.6) is 11.5 Å². The van der Waals surface area contributed by atoms with E-state index in [0.717, 1.165) is 12.0 Å². The van der Waals surface area contributed by atoms with Crippen molar-refractivity contribution in [1.29, 1.82) is 0 Å². The van der Waals surface area contributed by atoms with Crippen molar-refractivity contribution in [3.63, 3.8) is 0 Å². The number of carboxylic acids is 1. The first kappa shape index (κ1) is 16.0. The second kappa shape index (κ2) is 5.76. The van der Waals surface area contributed by atoms with Gasteiger partial charge >= 0.3 is 5.97 Å². The smallest absolute Gasteiger partial charge is 0.314 e. The second-order valence-electron chi connectivity index (χ2n) is 5.78. The fourth-order valence-corrected chi connectivity index (χ4v) is 3.51. The molecule has 1 aromatic carbocycles. The van der Waals surface area contributed by atoms with Gasteiger partial charge in [0.2, 0.25) is 0 Å². The van der Waals surface area contributed by atoms with Gasteiger partial charge in [0.25, 0.3) is 0 Å². The zero-order valence-electron chi connectivity index (χ0n) is 12.8. The number of benzene rings is 1. The number of aliphatic carboxylic acids is 1. The molecule has 4 nitrogen and oxygen atoms in total. The molecule has 0 spiro atoms. The van der Waals surface area contributed by atoms with E-state index in [0.29, 0.717) is 34.9 Å². The molecule has 0 unspecified atom stereocenters. The average molecular weight is 313 g/mol. The molecule has 1 aromatic rings. The molecule has 0 radical (unpaired) electrons. The maximum atomic E-state index is 11.9. The van der Waals surface area contributed by atoms with Crippen molar-refractivity contribution in [2.45, 2.75) is 44.4 Å². The van der Waals surface area contributed by atoms with Crippen LogP contribution in [-0.4, -0.2) is 25.3 Å². The van der Waals surface area contributed by atoms with E-state index in [4.69, 9.17) is 21.1 Å². The topological polar surface area (TPSA) is 55.8 Å². The monoisotopic (exact) mass is 312 g/mol. The lowest BCUT2D eigenvalue weighted by Crippen LogP contribution is -2.43. The summed E-state index contributed by atoms with van der Waals surface area (Å²) in [5.41, 5.74) is 0.635. The van der Waals surface area contributed by atoms with Gasteiger partial charge in [-0.25, -0.2) is 0 Å². The summed E-state index contributed by atoms with van der Waals surface area (Å²) in [5, 5.41) is 10.2. The van der Waals surface area contributed by atoms with Gasteiger partial charge in [-0.2, -0.15) is 0 Å². The first-order chi connectivity index (χ1) is 9.89. The van der Waals surface area contributed by atoms with Gasteiger partial charge in [0.05, 0.1) is 19.6 Å². The van der Waals surface area contributed by atoms with Gasteiger partial charge in [-0.1, -0.05) is 31.9 Å². The molecule has 0 heterocycles. The van der Waals surface area contributed by atoms with E-state index in [1.807, 2.05) is 13.8 Å². The molecular formula is C16H21ClO4. The maximum absolute atomic E-state index is 11.9. The van der Waals surface area contributed by atoms with Crippen LogP contribution in [-0.2, 0) is 10.2 Å². The summed E-state index contributed by atoms with van der Waals surface area (Å²) in [7, 11) is 3.11. The van der Waals surface area contributed by atoms with Crippen LogP contribution < -0.4 is 9.47 Å². The van der Waals surface area contributed by atoms with E-state index in [9.17, 15) is 9.90 Å². The van der Waals surface area contributed by atoms with Gasteiger partial charge in [-0.05, 0) is 24.3 Å². The molecule has 21 heavy (non-hydrogen) atoms. The Hall–Kier alpha value is -1.42. The summed E-state index contributed by atoms with van der Waals surface area (Å²) in [5.74, 6) is 0.387. The highest BCUT2D eigenvalue weighted by atomic mass is 35.5. The SMILES string of the molecule is COc1cc(Cl)c(C2(C(=O)O)CCC2)c(C(C)C)c1OC. The second-order valence-corrected chi connectivity index (χ2v) is 6.19. The Balaban J connectivity index is 2.79. The Labute approximate surface area is 130 Å². The fraction of sp³-hybridized carbons (Fsp3) is 0.562. The highest BCUT2D eigenvalue weighted by molar-refractivity contribution is 6.32. The number of methoxy groups -OCH3 is 2. The highest BCUT2D eigenvalue weighted by Crippen LogP contribution is 2.53. The molecular weight excluding hydrogens is 292 g/mol. The average Bonchev–Trinajstić information content (AvgIpc) is 2.37. The van der Waals surface area contributed by atoms with E-state index in [-0.39, 0.29) is 5.92 Å². The zero-order valence-corrected chi connectivity index (χ0v) is 13.6. The number of rotatable bonds is 5. The molecule has 1 fully saturated rings. The van der Waals surface area contributed by atoms with Crippen LogP contribution in [0, 0.1) is 0 Å². The third-order valence-corrected chi connectivity index (χ3v) is 4.63. The van der Waals surface area contributed by atoms with E-state index in [2.05, 4.69) is 0 Å². The summed E-state index contributed by atoms with van der Waals surface area (Å²) in [6, 6.07) is 1.66. The van der Waals surface area contributed by atoms with Crippen molar-refractivity contribution in [1.82, 2.24) is 0 Å². The van der Waals surface area contributed by atoms with Gasteiger partial charge in [-0.15, -0.1) is 0 Å². The molecule has 2 rings (SSSR count). The van der Waals surface area contributed by atoms with Crippen LogP contribution in [0.2, 0.25) is 5.02 Å². The molecule has 0 amide bonds. The maximum Gasteiger partial charge on any atom is 0.314 e.